The second kappa shape index (κ2) is 10.8. The van der Waals surface area contributed by atoms with Crippen molar-refractivity contribution in [2.24, 2.45) is 0 Å². The minimum Gasteiger partial charge on any atom is -0.494 e. The first-order chi connectivity index (χ1) is 15.5. The van der Waals surface area contributed by atoms with Crippen LogP contribution in [-0.2, 0) is 4.18 Å². The molecule has 0 atom stereocenters. The van der Waals surface area contributed by atoms with Gasteiger partial charge in [-0.05, 0) is 104 Å². The maximum atomic E-state index is 12.0. The van der Waals surface area contributed by atoms with Crippen molar-refractivity contribution in [3.63, 3.8) is 0 Å². The second-order valence-electron chi connectivity index (χ2n) is 6.62. The van der Waals surface area contributed by atoms with E-state index in [1.165, 1.54) is 0 Å². The zero-order valence-corrected chi connectivity index (χ0v) is 19.3. The first kappa shape index (κ1) is 23.3. The zero-order valence-electron chi connectivity index (χ0n) is 18.4. The summed E-state index contributed by atoms with van der Waals surface area (Å²) in [4.78, 5) is 14.2. The number of rotatable bonds is 10. The van der Waals surface area contributed by atoms with Crippen LogP contribution in [0, 0.1) is 0 Å². The van der Waals surface area contributed by atoms with Gasteiger partial charge in [-0.15, -0.1) is 0 Å². The predicted molar refractivity (Wildman–Crippen MR) is 124 cm³/mol. The number of carboxylic acid groups (broad SMARTS) is 1. The highest BCUT2D eigenvalue weighted by Gasteiger charge is 2.36. The van der Waals surface area contributed by atoms with E-state index < -0.39 is 16.5 Å². The minimum absolute atomic E-state index is 0.542. The molecule has 3 rings (SSSR count). The van der Waals surface area contributed by atoms with Crippen molar-refractivity contribution in [2.45, 2.75) is 35.5 Å². The van der Waals surface area contributed by atoms with Crippen LogP contribution in [0.15, 0.2) is 87.5 Å². The van der Waals surface area contributed by atoms with E-state index >= 15 is 0 Å². The van der Waals surface area contributed by atoms with Crippen LogP contribution in [0.1, 0.15) is 20.8 Å². The molecule has 0 amide bonds. The molecule has 0 spiro atoms. The van der Waals surface area contributed by atoms with E-state index in [1.807, 2.05) is 93.6 Å². The summed E-state index contributed by atoms with van der Waals surface area (Å²) < 4.78 is 22.5. The molecule has 0 fully saturated rings. The van der Waals surface area contributed by atoms with Gasteiger partial charge in [0.15, 0.2) is 0 Å². The van der Waals surface area contributed by atoms with Crippen molar-refractivity contribution in [2.75, 3.05) is 19.8 Å². The summed E-state index contributed by atoms with van der Waals surface area (Å²) in [5, 5.41) is 9.77. The quantitative estimate of drug-likeness (QED) is 0.363. The van der Waals surface area contributed by atoms with Crippen molar-refractivity contribution < 1.29 is 28.3 Å². The van der Waals surface area contributed by atoms with Gasteiger partial charge in [-0.3, -0.25) is 0 Å². The predicted octanol–water partition coefficient (Wildman–Crippen LogP) is 6.77. The zero-order chi connectivity index (χ0) is 23.0. The van der Waals surface area contributed by atoms with Gasteiger partial charge in [-0.1, -0.05) is 0 Å². The van der Waals surface area contributed by atoms with E-state index in [4.69, 9.17) is 18.4 Å². The number of benzene rings is 3. The van der Waals surface area contributed by atoms with Crippen molar-refractivity contribution in [3.8, 4) is 17.2 Å². The molecule has 6 nitrogen and oxygen atoms in total. The Morgan fingerprint density at radius 1 is 0.625 bits per heavy atom. The minimum atomic E-state index is -2.59. The fourth-order valence-electron chi connectivity index (χ4n) is 3.34. The van der Waals surface area contributed by atoms with Crippen LogP contribution in [0.3, 0.4) is 0 Å². The van der Waals surface area contributed by atoms with Gasteiger partial charge in [-0.25, -0.2) is 4.79 Å². The van der Waals surface area contributed by atoms with Crippen molar-refractivity contribution in [1.82, 2.24) is 0 Å². The number of hydrogen-bond donors (Lipinski definition) is 1. The van der Waals surface area contributed by atoms with Crippen LogP contribution in [0.4, 0.5) is 4.79 Å². The summed E-state index contributed by atoms with van der Waals surface area (Å²) in [7, 11) is -2.59. The summed E-state index contributed by atoms with van der Waals surface area (Å²) >= 11 is 0. The van der Waals surface area contributed by atoms with Crippen LogP contribution < -0.4 is 14.2 Å². The Morgan fingerprint density at radius 3 is 1.12 bits per heavy atom. The van der Waals surface area contributed by atoms with Gasteiger partial charge in [0.1, 0.15) is 17.2 Å². The molecule has 0 heterocycles. The van der Waals surface area contributed by atoms with E-state index in [0.717, 1.165) is 14.7 Å². The Kier molecular flexibility index (Phi) is 7.89. The van der Waals surface area contributed by atoms with E-state index in [0.29, 0.717) is 37.1 Å². The van der Waals surface area contributed by atoms with Crippen LogP contribution in [0.25, 0.3) is 0 Å². The van der Waals surface area contributed by atoms with Crippen LogP contribution >= 0.6 is 10.3 Å². The third-order valence-electron chi connectivity index (χ3n) is 4.60. The number of hydrogen-bond acceptors (Lipinski definition) is 5. The monoisotopic (exact) mass is 456 g/mol. The van der Waals surface area contributed by atoms with Gasteiger partial charge in [0.05, 0.1) is 19.8 Å². The van der Waals surface area contributed by atoms with E-state index in [1.54, 1.807) is 0 Å². The molecular formula is C25H28O6S. The van der Waals surface area contributed by atoms with Gasteiger partial charge in [0.2, 0.25) is 0 Å². The molecular weight excluding hydrogens is 428 g/mol. The fraction of sp³-hybridized carbons (Fsp3) is 0.240. The third-order valence-corrected chi connectivity index (χ3v) is 7.80. The van der Waals surface area contributed by atoms with Gasteiger partial charge in [-0.2, -0.15) is 0 Å². The molecule has 0 aliphatic heterocycles. The third kappa shape index (κ3) is 5.11. The van der Waals surface area contributed by atoms with Crippen LogP contribution in [0.2, 0.25) is 0 Å². The van der Waals surface area contributed by atoms with E-state index in [-0.39, 0.29) is 0 Å². The molecule has 3 aromatic rings. The summed E-state index contributed by atoms with van der Waals surface area (Å²) in [5.74, 6) is 2.12. The Hall–Kier alpha value is -3.32. The van der Waals surface area contributed by atoms with Gasteiger partial charge >= 0.3 is 6.16 Å². The molecule has 170 valence electrons. The molecule has 0 radical (unpaired) electrons. The Morgan fingerprint density at radius 2 is 0.906 bits per heavy atom. The molecule has 0 saturated carbocycles. The molecule has 3 aromatic carbocycles. The molecule has 0 bridgehead atoms. The van der Waals surface area contributed by atoms with Gasteiger partial charge < -0.3 is 23.5 Å². The Bertz CT molecular complexity index is 880. The average Bonchev–Trinajstić information content (AvgIpc) is 2.80. The normalized spacial score (nSPS) is 11.5. The van der Waals surface area contributed by atoms with Gasteiger partial charge in [0, 0.05) is 14.7 Å². The SMILES string of the molecule is CCOc1ccc(S(OC(=O)O)(c2ccc(OCC)cc2)c2ccc(OCC)cc2)cc1. The fourth-order valence-corrected chi connectivity index (χ4v) is 6.22. The largest absolute Gasteiger partial charge is 0.517 e. The van der Waals surface area contributed by atoms with E-state index in [2.05, 4.69) is 0 Å². The summed E-state index contributed by atoms with van der Waals surface area (Å²) in [5.41, 5.74) is 0. The molecule has 0 aliphatic rings. The molecule has 0 saturated heterocycles. The topological polar surface area (TPSA) is 74.2 Å². The molecule has 7 heteroatoms. The molecule has 32 heavy (non-hydrogen) atoms. The summed E-state index contributed by atoms with van der Waals surface area (Å²) in [6, 6.07) is 22.1. The van der Waals surface area contributed by atoms with Crippen molar-refractivity contribution >= 4 is 16.5 Å². The Labute approximate surface area is 190 Å². The molecule has 0 unspecified atom stereocenters. The lowest BCUT2D eigenvalue weighted by Gasteiger charge is -2.38. The lowest BCUT2D eigenvalue weighted by molar-refractivity contribution is 0.150. The molecule has 0 aromatic heterocycles. The molecule has 0 aliphatic carbocycles. The smallest absolute Gasteiger partial charge is 0.494 e. The summed E-state index contributed by atoms with van der Waals surface area (Å²) in [6.45, 7) is 7.37. The lowest BCUT2D eigenvalue weighted by Crippen LogP contribution is -2.12. The van der Waals surface area contributed by atoms with E-state index in [9.17, 15) is 9.90 Å². The number of ether oxygens (including phenoxy) is 3. The number of carbonyl (C=O) groups is 1. The maximum absolute atomic E-state index is 12.0. The average molecular weight is 457 g/mol. The van der Waals surface area contributed by atoms with Gasteiger partial charge in [0.25, 0.3) is 0 Å². The van der Waals surface area contributed by atoms with Crippen LogP contribution in [-0.4, -0.2) is 31.1 Å². The standard InChI is InChI=1S/C25H28O6S/c1-4-28-19-7-13-22(14-8-19)32(31-25(26)27,23-15-9-20(10-16-23)29-5-2)24-17-11-21(12-18-24)30-6-3/h7-18H,4-6H2,1-3H3,(H,26,27). The Balaban J connectivity index is 2.20. The first-order valence-electron chi connectivity index (χ1n) is 10.5. The molecule has 1 N–H and O–H groups in total. The first-order valence-corrected chi connectivity index (χ1v) is 12.0. The highest BCUT2D eigenvalue weighted by molar-refractivity contribution is 8.30. The van der Waals surface area contributed by atoms with Crippen LogP contribution in [0.5, 0.6) is 17.2 Å². The summed E-state index contributed by atoms with van der Waals surface area (Å²) in [6.07, 6.45) is -1.35. The second-order valence-corrected chi connectivity index (χ2v) is 9.31. The lowest BCUT2D eigenvalue weighted by atomic mass is 10.3. The highest BCUT2D eigenvalue weighted by atomic mass is 32.3. The van der Waals surface area contributed by atoms with Crippen molar-refractivity contribution in [1.29, 1.82) is 0 Å². The highest BCUT2D eigenvalue weighted by Crippen LogP contribution is 2.69. The maximum Gasteiger partial charge on any atom is 0.517 e. The van der Waals surface area contributed by atoms with Crippen molar-refractivity contribution in [3.05, 3.63) is 72.8 Å².